The molecule has 0 heterocycles. The maximum Gasteiger partial charge on any atom is 0.308 e. The third kappa shape index (κ3) is 4.74. The van der Waals surface area contributed by atoms with E-state index < -0.39 is 11.9 Å². The van der Waals surface area contributed by atoms with E-state index in [1.807, 2.05) is 0 Å². The van der Waals surface area contributed by atoms with Crippen LogP contribution < -0.4 is 4.74 Å². The van der Waals surface area contributed by atoms with Crippen LogP contribution in [0.4, 0.5) is 0 Å². The minimum Gasteiger partial charge on any atom is -0.482 e. The number of nitrogens with zero attached hydrogens (tertiary/aromatic N) is 1. The van der Waals surface area contributed by atoms with Crippen molar-refractivity contribution in [3.63, 3.8) is 0 Å². The van der Waals surface area contributed by atoms with Crippen LogP contribution in [-0.2, 0) is 9.59 Å². The zero-order chi connectivity index (χ0) is 15.1. The largest absolute Gasteiger partial charge is 0.482 e. The van der Waals surface area contributed by atoms with Gasteiger partial charge in [-0.3, -0.25) is 9.59 Å². The molecule has 1 unspecified atom stereocenters. The number of carboxylic acid groups (broad SMARTS) is 1. The fourth-order valence-electron chi connectivity index (χ4n) is 1.61. The molecule has 0 fully saturated rings. The van der Waals surface area contributed by atoms with E-state index in [1.54, 1.807) is 38.1 Å². The van der Waals surface area contributed by atoms with Gasteiger partial charge in [-0.25, -0.2) is 0 Å². The first-order chi connectivity index (χ1) is 9.45. The van der Waals surface area contributed by atoms with Crippen molar-refractivity contribution in [1.82, 2.24) is 4.90 Å². The van der Waals surface area contributed by atoms with E-state index in [1.165, 1.54) is 4.90 Å². The number of rotatable bonds is 7. The maximum atomic E-state index is 12.0. The highest BCUT2D eigenvalue weighted by Crippen LogP contribution is 2.22. The number of benzene rings is 1. The molecule has 0 aliphatic carbocycles. The Balaban J connectivity index is 2.56. The topological polar surface area (TPSA) is 66.8 Å². The molecule has 0 aliphatic rings. The van der Waals surface area contributed by atoms with Crippen molar-refractivity contribution in [2.24, 2.45) is 5.92 Å². The van der Waals surface area contributed by atoms with Crippen LogP contribution in [0.5, 0.6) is 5.75 Å². The number of ether oxygens (including phenoxy) is 1. The first-order valence-electron chi connectivity index (χ1n) is 6.33. The van der Waals surface area contributed by atoms with E-state index in [0.29, 0.717) is 17.3 Å². The van der Waals surface area contributed by atoms with Gasteiger partial charge in [0.1, 0.15) is 5.75 Å². The predicted octanol–water partition coefficient (Wildman–Crippen LogP) is 2.29. The van der Waals surface area contributed by atoms with Crippen molar-refractivity contribution in [3.8, 4) is 5.75 Å². The summed E-state index contributed by atoms with van der Waals surface area (Å²) in [7, 11) is 0. The highest BCUT2D eigenvalue weighted by atomic mass is 35.5. The molecule has 0 bridgehead atoms. The molecule has 110 valence electrons. The van der Waals surface area contributed by atoms with Crippen LogP contribution in [0.3, 0.4) is 0 Å². The van der Waals surface area contributed by atoms with Gasteiger partial charge in [-0.1, -0.05) is 30.7 Å². The molecule has 1 aromatic carbocycles. The summed E-state index contributed by atoms with van der Waals surface area (Å²) in [5.74, 6) is -1.37. The van der Waals surface area contributed by atoms with Gasteiger partial charge in [0.25, 0.3) is 5.91 Å². The number of halogens is 1. The number of carbonyl (C=O) groups is 2. The number of likely N-dealkylation sites (N-methyl/N-ethyl adjacent to an activating group) is 1. The average Bonchev–Trinajstić information content (AvgIpc) is 2.43. The van der Waals surface area contributed by atoms with Gasteiger partial charge in [0.05, 0.1) is 10.9 Å². The summed E-state index contributed by atoms with van der Waals surface area (Å²) >= 11 is 5.92. The van der Waals surface area contributed by atoms with Crippen molar-refractivity contribution < 1.29 is 19.4 Å². The Morgan fingerprint density at radius 3 is 2.60 bits per heavy atom. The van der Waals surface area contributed by atoms with Gasteiger partial charge in [-0.15, -0.1) is 0 Å². The molecule has 20 heavy (non-hydrogen) atoms. The molecule has 0 aromatic heterocycles. The molecule has 1 aromatic rings. The quantitative estimate of drug-likeness (QED) is 0.839. The summed E-state index contributed by atoms with van der Waals surface area (Å²) in [6.07, 6.45) is 0. The first-order valence-corrected chi connectivity index (χ1v) is 6.71. The van der Waals surface area contributed by atoms with Crippen LogP contribution in [0.25, 0.3) is 0 Å². The summed E-state index contributed by atoms with van der Waals surface area (Å²) in [6.45, 7) is 3.79. The summed E-state index contributed by atoms with van der Waals surface area (Å²) in [6, 6.07) is 6.87. The van der Waals surface area contributed by atoms with Crippen LogP contribution in [0.1, 0.15) is 13.8 Å². The Hall–Kier alpha value is -1.75. The van der Waals surface area contributed by atoms with Gasteiger partial charge in [0, 0.05) is 13.1 Å². The van der Waals surface area contributed by atoms with Crippen LogP contribution >= 0.6 is 11.6 Å². The van der Waals surface area contributed by atoms with Crippen LogP contribution in [0, 0.1) is 5.92 Å². The monoisotopic (exact) mass is 299 g/mol. The molecule has 1 amide bonds. The molecule has 1 atom stereocenters. The zero-order valence-corrected chi connectivity index (χ0v) is 12.3. The highest BCUT2D eigenvalue weighted by Gasteiger charge is 2.19. The van der Waals surface area contributed by atoms with Gasteiger partial charge >= 0.3 is 5.97 Å². The number of para-hydroxylation sites is 1. The first kappa shape index (κ1) is 16.3. The predicted molar refractivity (Wildman–Crippen MR) is 76.0 cm³/mol. The second kappa shape index (κ2) is 7.75. The van der Waals surface area contributed by atoms with Gasteiger partial charge in [0.15, 0.2) is 6.61 Å². The molecule has 0 saturated heterocycles. The third-order valence-electron chi connectivity index (χ3n) is 2.84. The SMILES string of the molecule is CCN(CC(C)C(=O)O)C(=O)COc1ccccc1Cl. The lowest BCUT2D eigenvalue weighted by Crippen LogP contribution is -2.39. The zero-order valence-electron chi connectivity index (χ0n) is 11.5. The molecule has 6 heteroatoms. The summed E-state index contributed by atoms with van der Waals surface area (Å²) in [5.41, 5.74) is 0. The molecule has 0 aliphatic heterocycles. The molecule has 1 N–H and O–H groups in total. The normalized spacial score (nSPS) is 11.8. The second-order valence-electron chi connectivity index (χ2n) is 4.39. The Labute approximate surface area is 123 Å². The van der Waals surface area contributed by atoms with Crippen molar-refractivity contribution in [2.45, 2.75) is 13.8 Å². The molecule has 0 radical (unpaired) electrons. The molecular weight excluding hydrogens is 282 g/mol. The highest BCUT2D eigenvalue weighted by molar-refractivity contribution is 6.32. The lowest BCUT2D eigenvalue weighted by molar-refractivity contribution is -0.143. The van der Waals surface area contributed by atoms with Gasteiger partial charge in [-0.2, -0.15) is 0 Å². The Morgan fingerprint density at radius 2 is 2.05 bits per heavy atom. The Morgan fingerprint density at radius 1 is 1.40 bits per heavy atom. The van der Waals surface area contributed by atoms with Crippen molar-refractivity contribution in [2.75, 3.05) is 19.7 Å². The summed E-state index contributed by atoms with van der Waals surface area (Å²) in [4.78, 5) is 24.2. The minimum atomic E-state index is -0.928. The molecule has 5 nitrogen and oxygen atoms in total. The Bertz CT molecular complexity index is 478. The Kier molecular flexibility index (Phi) is 6.31. The summed E-state index contributed by atoms with van der Waals surface area (Å²) in [5, 5.41) is 9.30. The smallest absolute Gasteiger partial charge is 0.308 e. The number of amides is 1. The van der Waals surface area contributed by atoms with Crippen molar-refractivity contribution in [1.29, 1.82) is 0 Å². The second-order valence-corrected chi connectivity index (χ2v) is 4.80. The van der Waals surface area contributed by atoms with Crippen LogP contribution in [-0.4, -0.2) is 41.6 Å². The van der Waals surface area contributed by atoms with E-state index >= 15 is 0 Å². The number of carbonyl (C=O) groups excluding carboxylic acids is 1. The fraction of sp³-hybridized carbons (Fsp3) is 0.429. The number of carboxylic acids is 1. The van der Waals surface area contributed by atoms with Gasteiger partial charge in [-0.05, 0) is 19.1 Å². The van der Waals surface area contributed by atoms with E-state index in [-0.39, 0.29) is 19.1 Å². The van der Waals surface area contributed by atoms with Crippen LogP contribution in [0.2, 0.25) is 5.02 Å². The standard InChI is InChI=1S/C14H18ClNO4/c1-3-16(8-10(2)14(18)19)13(17)9-20-12-7-5-4-6-11(12)15/h4-7,10H,3,8-9H2,1-2H3,(H,18,19). The summed E-state index contributed by atoms with van der Waals surface area (Å²) < 4.78 is 5.35. The number of hydrogen-bond acceptors (Lipinski definition) is 3. The van der Waals surface area contributed by atoms with Crippen LogP contribution in [0.15, 0.2) is 24.3 Å². The van der Waals surface area contributed by atoms with E-state index in [2.05, 4.69) is 0 Å². The van der Waals surface area contributed by atoms with Crippen molar-refractivity contribution in [3.05, 3.63) is 29.3 Å². The molecule has 0 saturated carbocycles. The van der Waals surface area contributed by atoms with E-state index in [0.717, 1.165) is 0 Å². The van der Waals surface area contributed by atoms with Gasteiger partial charge < -0.3 is 14.7 Å². The molecule has 1 rings (SSSR count). The van der Waals surface area contributed by atoms with Gasteiger partial charge in [0.2, 0.25) is 0 Å². The molecular formula is C14H18ClNO4. The minimum absolute atomic E-state index is 0.163. The number of hydrogen-bond donors (Lipinski definition) is 1. The average molecular weight is 300 g/mol. The van der Waals surface area contributed by atoms with Crippen molar-refractivity contribution >= 4 is 23.5 Å². The third-order valence-corrected chi connectivity index (χ3v) is 3.15. The van der Waals surface area contributed by atoms with E-state index in [4.69, 9.17) is 21.4 Å². The fourth-order valence-corrected chi connectivity index (χ4v) is 1.80. The maximum absolute atomic E-state index is 12.0. The lowest BCUT2D eigenvalue weighted by atomic mass is 10.1. The van der Waals surface area contributed by atoms with E-state index in [9.17, 15) is 9.59 Å². The molecule has 0 spiro atoms. The number of aliphatic carboxylic acids is 1. The lowest BCUT2D eigenvalue weighted by Gasteiger charge is -2.23.